The van der Waals surface area contributed by atoms with E-state index in [2.05, 4.69) is 34.0 Å². The number of benzene rings is 1. The van der Waals surface area contributed by atoms with Gasteiger partial charge in [-0.25, -0.2) is 9.67 Å². The Morgan fingerprint density at radius 3 is 2.68 bits per heavy atom. The molecule has 1 aliphatic rings. The molecule has 5 nitrogen and oxygen atoms in total. The van der Waals surface area contributed by atoms with Gasteiger partial charge in [0.05, 0.1) is 5.92 Å². The van der Waals surface area contributed by atoms with Gasteiger partial charge in [0.15, 0.2) is 0 Å². The van der Waals surface area contributed by atoms with Crippen LogP contribution < -0.4 is 0 Å². The predicted molar refractivity (Wildman–Crippen MR) is 98.3 cm³/mol. The minimum atomic E-state index is -0.0321. The van der Waals surface area contributed by atoms with E-state index in [1.54, 1.807) is 0 Å². The van der Waals surface area contributed by atoms with E-state index in [-0.39, 0.29) is 11.8 Å². The zero-order valence-corrected chi connectivity index (χ0v) is 15.5. The van der Waals surface area contributed by atoms with Crippen LogP contribution in [0.4, 0.5) is 0 Å². The zero-order valence-electron chi connectivity index (χ0n) is 15.5. The molecule has 1 fully saturated rings. The smallest absolute Gasteiger partial charge is 0.230 e. The van der Waals surface area contributed by atoms with Gasteiger partial charge in [0.2, 0.25) is 5.91 Å². The van der Waals surface area contributed by atoms with E-state index in [1.165, 1.54) is 0 Å². The first-order valence-electron chi connectivity index (χ1n) is 9.30. The highest BCUT2D eigenvalue weighted by atomic mass is 16.2. The van der Waals surface area contributed by atoms with Crippen molar-refractivity contribution in [2.45, 2.75) is 52.5 Å². The number of piperidine rings is 1. The van der Waals surface area contributed by atoms with Gasteiger partial charge in [0.1, 0.15) is 11.6 Å². The van der Waals surface area contributed by atoms with Crippen LogP contribution in [0.3, 0.4) is 0 Å². The van der Waals surface area contributed by atoms with E-state index < -0.39 is 0 Å². The van der Waals surface area contributed by atoms with Crippen LogP contribution in [0.15, 0.2) is 30.3 Å². The van der Waals surface area contributed by atoms with Crippen LogP contribution in [-0.4, -0.2) is 38.7 Å². The number of hydrogen-bond donors (Lipinski definition) is 0. The third-order valence-electron chi connectivity index (χ3n) is 5.13. The van der Waals surface area contributed by atoms with E-state index in [0.29, 0.717) is 5.92 Å². The first-order chi connectivity index (χ1) is 12.1. The van der Waals surface area contributed by atoms with Crippen molar-refractivity contribution in [1.29, 1.82) is 0 Å². The number of amides is 1. The van der Waals surface area contributed by atoms with Gasteiger partial charge in [0, 0.05) is 19.6 Å². The monoisotopic (exact) mass is 340 g/mol. The summed E-state index contributed by atoms with van der Waals surface area (Å²) in [4.78, 5) is 19.5. The van der Waals surface area contributed by atoms with Crippen LogP contribution >= 0.6 is 0 Å². The fourth-order valence-electron chi connectivity index (χ4n) is 3.85. The summed E-state index contributed by atoms with van der Waals surface area (Å²) in [6, 6.07) is 10.2. The normalized spacial score (nSPS) is 19.0. The maximum absolute atomic E-state index is 13.1. The van der Waals surface area contributed by atoms with Crippen LogP contribution in [0.1, 0.15) is 49.3 Å². The van der Waals surface area contributed by atoms with Gasteiger partial charge in [-0.3, -0.25) is 4.79 Å². The Morgan fingerprint density at radius 1 is 1.28 bits per heavy atom. The Balaban J connectivity index is 1.67. The summed E-state index contributed by atoms with van der Waals surface area (Å²) in [5.74, 6) is 2.46. The van der Waals surface area contributed by atoms with Gasteiger partial charge in [-0.1, -0.05) is 37.3 Å². The summed E-state index contributed by atoms with van der Waals surface area (Å²) in [6.07, 6.45) is 3.05. The molecule has 0 aliphatic carbocycles. The first-order valence-corrected chi connectivity index (χ1v) is 9.30. The topological polar surface area (TPSA) is 51.0 Å². The van der Waals surface area contributed by atoms with E-state index >= 15 is 0 Å². The van der Waals surface area contributed by atoms with Crippen LogP contribution in [0.25, 0.3) is 0 Å². The molecule has 0 radical (unpaired) electrons. The van der Waals surface area contributed by atoms with Gasteiger partial charge < -0.3 is 4.90 Å². The molecule has 0 spiro atoms. The minimum absolute atomic E-state index is 0.0321. The van der Waals surface area contributed by atoms with Gasteiger partial charge in [0.25, 0.3) is 0 Å². The molecule has 1 saturated heterocycles. The maximum atomic E-state index is 13.1. The largest absolute Gasteiger partial charge is 0.342 e. The number of likely N-dealkylation sites (tertiary alicyclic amines) is 1. The van der Waals surface area contributed by atoms with Crippen LogP contribution in [-0.2, 0) is 11.3 Å². The second kappa shape index (κ2) is 7.81. The second-order valence-electron chi connectivity index (χ2n) is 7.05. The summed E-state index contributed by atoms with van der Waals surface area (Å²) in [5, 5.41) is 4.48. The van der Waals surface area contributed by atoms with Gasteiger partial charge in [-0.05, 0) is 44.6 Å². The van der Waals surface area contributed by atoms with Crippen LogP contribution in [0.2, 0.25) is 0 Å². The minimum Gasteiger partial charge on any atom is -0.342 e. The van der Waals surface area contributed by atoms with Crippen molar-refractivity contribution in [3.05, 3.63) is 47.5 Å². The average molecular weight is 340 g/mol. The number of aromatic nitrogens is 3. The van der Waals surface area contributed by atoms with E-state index in [0.717, 1.165) is 56.1 Å². The molecule has 1 aromatic heterocycles. The molecule has 3 rings (SSSR count). The molecular formula is C20H28N4O. The van der Waals surface area contributed by atoms with E-state index in [9.17, 15) is 4.79 Å². The van der Waals surface area contributed by atoms with Crippen molar-refractivity contribution in [1.82, 2.24) is 19.7 Å². The van der Waals surface area contributed by atoms with E-state index in [1.807, 2.05) is 36.7 Å². The first kappa shape index (κ1) is 17.6. The predicted octanol–water partition coefficient (Wildman–Crippen LogP) is 3.33. The standard InChI is InChI=1S/C20H28N4O/c1-4-19(18-10-6-5-7-11-18)20(25)23-12-8-9-17(13-23)14-24-16(3)21-15(2)22-24/h5-7,10-11,17,19H,4,8-9,12-14H2,1-3H3/t17-,19+/m0/s1. The van der Waals surface area contributed by atoms with Gasteiger partial charge in [-0.15, -0.1) is 0 Å². The molecule has 5 heteroatoms. The highest BCUT2D eigenvalue weighted by molar-refractivity contribution is 5.83. The molecule has 2 heterocycles. The lowest BCUT2D eigenvalue weighted by molar-refractivity contribution is -0.134. The number of nitrogens with zero attached hydrogens (tertiary/aromatic N) is 4. The highest BCUT2D eigenvalue weighted by Crippen LogP contribution is 2.26. The van der Waals surface area contributed by atoms with Crippen molar-refractivity contribution in [3.63, 3.8) is 0 Å². The quantitative estimate of drug-likeness (QED) is 0.839. The Hall–Kier alpha value is -2.17. The summed E-state index contributed by atoms with van der Waals surface area (Å²) in [5.41, 5.74) is 1.12. The van der Waals surface area contributed by atoms with Crippen molar-refractivity contribution in [3.8, 4) is 0 Å². The van der Waals surface area contributed by atoms with Crippen molar-refractivity contribution < 1.29 is 4.79 Å². The number of rotatable bonds is 5. The molecular weight excluding hydrogens is 312 g/mol. The number of carbonyl (C=O) groups excluding carboxylic acids is 1. The third kappa shape index (κ3) is 4.09. The molecule has 0 bridgehead atoms. The van der Waals surface area contributed by atoms with Gasteiger partial charge >= 0.3 is 0 Å². The average Bonchev–Trinajstić information content (AvgIpc) is 2.94. The van der Waals surface area contributed by atoms with E-state index in [4.69, 9.17) is 0 Å². The number of carbonyl (C=O) groups is 1. The number of aryl methyl sites for hydroxylation is 2. The molecule has 0 N–H and O–H groups in total. The van der Waals surface area contributed by atoms with Gasteiger partial charge in [-0.2, -0.15) is 5.10 Å². The lowest BCUT2D eigenvalue weighted by atomic mass is 9.92. The van der Waals surface area contributed by atoms with Crippen molar-refractivity contribution in [2.75, 3.05) is 13.1 Å². The SMILES string of the molecule is CC[C@@H](C(=O)N1CCC[C@H](Cn2nc(C)nc2C)C1)c1ccccc1. The molecule has 1 amide bonds. The molecule has 0 saturated carbocycles. The Kier molecular flexibility index (Phi) is 5.51. The molecule has 2 aromatic rings. The lowest BCUT2D eigenvalue weighted by Crippen LogP contribution is -2.43. The summed E-state index contributed by atoms with van der Waals surface area (Å²) < 4.78 is 1.99. The Morgan fingerprint density at radius 2 is 2.04 bits per heavy atom. The van der Waals surface area contributed by atoms with Crippen LogP contribution in [0, 0.1) is 19.8 Å². The molecule has 2 atom stereocenters. The molecule has 1 aliphatic heterocycles. The summed E-state index contributed by atoms with van der Waals surface area (Å²) >= 11 is 0. The van der Waals surface area contributed by atoms with Crippen LogP contribution in [0.5, 0.6) is 0 Å². The summed E-state index contributed by atoms with van der Waals surface area (Å²) in [7, 11) is 0. The molecule has 134 valence electrons. The second-order valence-corrected chi connectivity index (χ2v) is 7.05. The Bertz CT molecular complexity index is 710. The fourth-order valence-corrected chi connectivity index (χ4v) is 3.85. The number of hydrogen-bond acceptors (Lipinski definition) is 3. The third-order valence-corrected chi connectivity index (χ3v) is 5.13. The lowest BCUT2D eigenvalue weighted by Gasteiger charge is -2.35. The maximum Gasteiger partial charge on any atom is 0.230 e. The fraction of sp³-hybridized carbons (Fsp3) is 0.550. The molecule has 25 heavy (non-hydrogen) atoms. The zero-order chi connectivity index (χ0) is 17.8. The van der Waals surface area contributed by atoms with Crippen molar-refractivity contribution >= 4 is 5.91 Å². The van der Waals surface area contributed by atoms with Crippen molar-refractivity contribution in [2.24, 2.45) is 5.92 Å². The summed E-state index contributed by atoms with van der Waals surface area (Å²) in [6.45, 7) is 8.55. The highest BCUT2D eigenvalue weighted by Gasteiger charge is 2.29. The molecule has 0 unspecified atom stereocenters. The Labute approximate surface area is 150 Å². The molecule has 1 aromatic carbocycles.